The minimum atomic E-state index is -0.232. The monoisotopic (exact) mass is 308 g/mol. The Morgan fingerprint density at radius 2 is 2.09 bits per heavy atom. The molecule has 1 N–H and O–H groups in total. The highest BCUT2D eigenvalue weighted by Gasteiger charge is 2.09. The molecule has 0 saturated carbocycles. The van der Waals surface area contributed by atoms with Crippen LogP contribution < -0.4 is 10.1 Å². The zero-order valence-corrected chi connectivity index (χ0v) is 12.6. The summed E-state index contributed by atoms with van der Waals surface area (Å²) in [5.74, 6) is 0.169. The zero-order valence-electron chi connectivity index (χ0n) is 12.6. The molecule has 1 aromatic carbocycles. The van der Waals surface area contributed by atoms with Gasteiger partial charge in [-0.15, -0.1) is 0 Å². The summed E-state index contributed by atoms with van der Waals surface area (Å²) < 4.78 is 6.79. The normalized spacial score (nSPS) is 10.3. The Labute approximate surface area is 133 Å². The van der Waals surface area contributed by atoms with Crippen LogP contribution >= 0.6 is 0 Å². The number of carbonyl (C=O) groups excluding carboxylic acids is 1. The molecule has 0 aliphatic heterocycles. The minimum Gasteiger partial charge on any atom is -0.481 e. The van der Waals surface area contributed by atoms with Gasteiger partial charge >= 0.3 is 0 Å². The third-order valence-corrected chi connectivity index (χ3v) is 3.28. The van der Waals surface area contributed by atoms with E-state index in [1.54, 1.807) is 29.2 Å². The van der Waals surface area contributed by atoms with Crippen LogP contribution in [0.15, 0.2) is 61.1 Å². The van der Waals surface area contributed by atoms with Gasteiger partial charge in [0.05, 0.1) is 25.5 Å². The molecule has 3 rings (SSSR count). The van der Waals surface area contributed by atoms with Gasteiger partial charge in [0.25, 0.3) is 5.91 Å². The molecule has 0 bridgehead atoms. The van der Waals surface area contributed by atoms with E-state index in [0.717, 1.165) is 5.56 Å². The topological polar surface area (TPSA) is 69.0 Å². The second-order valence-electron chi connectivity index (χ2n) is 4.95. The number of nitrogens with zero attached hydrogens (tertiary/aromatic N) is 3. The van der Waals surface area contributed by atoms with Gasteiger partial charge in [-0.25, -0.2) is 4.98 Å². The number of anilines is 1. The van der Waals surface area contributed by atoms with Gasteiger partial charge in [-0.3, -0.25) is 9.48 Å². The van der Waals surface area contributed by atoms with E-state index in [9.17, 15) is 4.79 Å². The van der Waals surface area contributed by atoms with Gasteiger partial charge in [0.2, 0.25) is 5.88 Å². The molecule has 0 aliphatic carbocycles. The van der Waals surface area contributed by atoms with Crippen LogP contribution in [0.2, 0.25) is 0 Å². The highest BCUT2D eigenvalue weighted by Crippen LogP contribution is 2.12. The molecule has 116 valence electrons. The predicted octanol–water partition coefficient (Wildman–Crippen LogP) is 2.59. The van der Waals surface area contributed by atoms with Gasteiger partial charge < -0.3 is 10.1 Å². The van der Waals surface area contributed by atoms with E-state index in [2.05, 4.69) is 15.4 Å². The number of benzene rings is 1. The number of amides is 1. The van der Waals surface area contributed by atoms with Crippen LogP contribution in [0.1, 0.15) is 15.9 Å². The van der Waals surface area contributed by atoms with Crippen molar-refractivity contribution in [3.05, 3.63) is 72.2 Å². The van der Waals surface area contributed by atoms with Crippen molar-refractivity contribution >= 4 is 11.6 Å². The Balaban J connectivity index is 1.67. The highest BCUT2D eigenvalue weighted by molar-refractivity contribution is 6.04. The van der Waals surface area contributed by atoms with Gasteiger partial charge in [-0.2, -0.15) is 5.10 Å². The van der Waals surface area contributed by atoms with Crippen LogP contribution in [-0.2, 0) is 6.54 Å². The van der Waals surface area contributed by atoms with Crippen molar-refractivity contribution in [2.24, 2.45) is 0 Å². The number of nitrogens with one attached hydrogen (secondary N) is 1. The summed E-state index contributed by atoms with van der Waals surface area (Å²) in [4.78, 5) is 16.2. The SMILES string of the molecule is COc1cc(C(=O)Nc2cnn(Cc3ccccc3)c2)ccn1. The van der Waals surface area contributed by atoms with E-state index in [1.165, 1.54) is 13.3 Å². The van der Waals surface area contributed by atoms with Gasteiger partial charge in [-0.05, 0) is 11.6 Å². The summed E-state index contributed by atoms with van der Waals surface area (Å²) in [5.41, 5.74) is 2.27. The molecule has 1 amide bonds. The summed E-state index contributed by atoms with van der Waals surface area (Å²) in [6.07, 6.45) is 4.95. The van der Waals surface area contributed by atoms with Gasteiger partial charge in [-0.1, -0.05) is 30.3 Å². The summed E-state index contributed by atoms with van der Waals surface area (Å²) in [6.45, 7) is 0.653. The lowest BCUT2D eigenvalue weighted by molar-refractivity contribution is 0.102. The fourth-order valence-electron chi connectivity index (χ4n) is 2.15. The third-order valence-electron chi connectivity index (χ3n) is 3.28. The second-order valence-corrected chi connectivity index (χ2v) is 4.95. The van der Waals surface area contributed by atoms with E-state index in [1.807, 2.05) is 30.3 Å². The average Bonchev–Trinajstić information content (AvgIpc) is 3.02. The largest absolute Gasteiger partial charge is 0.481 e. The lowest BCUT2D eigenvalue weighted by Gasteiger charge is -2.04. The zero-order chi connectivity index (χ0) is 16.1. The molecule has 6 heteroatoms. The molecule has 3 aromatic rings. The molecular formula is C17H16N4O2. The number of hydrogen-bond donors (Lipinski definition) is 1. The third kappa shape index (κ3) is 3.74. The van der Waals surface area contributed by atoms with E-state index in [0.29, 0.717) is 23.7 Å². The maximum atomic E-state index is 12.2. The lowest BCUT2D eigenvalue weighted by Crippen LogP contribution is -2.11. The number of methoxy groups -OCH3 is 1. The number of ether oxygens (including phenoxy) is 1. The molecular weight excluding hydrogens is 292 g/mol. The second kappa shape index (κ2) is 6.74. The predicted molar refractivity (Wildman–Crippen MR) is 86.5 cm³/mol. The summed E-state index contributed by atoms with van der Waals surface area (Å²) in [7, 11) is 1.51. The van der Waals surface area contributed by atoms with Crippen LogP contribution in [-0.4, -0.2) is 27.8 Å². The Morgan fingerprint density at radius 3 is 2.87 bits per heavy atom. The minimum absolute atomic E-state index is 0.232. The van der Waals surface area contributed by atoms with Crippen molar-refractivity contribution in [3.63, 3.8) is 0 Å². The molecule has 0 unspecified atom stereocenters. The summed E-state index contributed by atoms with van der Waals surface area (Å²) in [5, 5.41) is 7.07. The van der Waals surface area contributed by atoms with Crippen molar-refractivity contribution in [3.8, 4) is 5.88 Å². The molecule has 2 aromatic heterocycles. The number of carbonyl (C=O) groups is 1. The Hall–Kier alpha value is -3.15. The summed E-state index contributed by atoms with van der Waals surface area (Å²) >= 11 is 0. The molecule has 0 fully saturated rings. The first kappa shape index (κ1) is 14.8. The first-order valence-corrected chi connectivity index (χ1v) is 7.12. The lowest BCUT2D eigenvalue weighted by atomic mass is 10.2. The quantitative estimate of drug-likeness (QED) is 0.786. The number of hydrogen-bond acceptors (Lipinski definition) is 4. The first-order chi connectivity index (χ1) is 11.2. The number of rotatable bonds is 5. The van der Waals surface area contributed by atoms with Crippen LogP contribution in [0, 0.1) is 0 Å². The standard InChI is InChI=1S/C17H16N4O2/c1-23-16-9-14(7-8-18-16)17(22)20-15-10-19-21(12-15)11-13-5-3-2-4-6-13/h2-10,12H,11H2,1H3,(H,20,22). The van der Waals surface area contributed by atoms with E-state index in [-0.39, 0.29) is 5.91 Å². The van der Waals surface area contributed by atoms with Crippen LogP contribution in [0.25, 0.3) is 0 Å². The van der Waals surface area contributed by atoms with Crippen molar-refractivity contribution in [1.82, 2.24) is 14.8 Å². The molecule has 0 radical (unpaired) electrons. The Bertz CT molecular complexity index is 799. The van der Waals surface area contributed by atoms with Gasteiger partial charge in [0, 0.05) is 24.0 Å². The fraction of sp³-hybridized carbons (Fsp3) is 0.118. The molecule has 0 atom stereocenters. The van der Waals surface area contributed by atoms with Crippen LogP contribution in [0.3, 0.4) is 0 Å². The smallest absolute Gasteiger partial charge is 0.256 e. The summed E-state index contributed by atoms with van der Waals surface area (Å²) in [6, 6.07) is 13.2. The van der Waals surface area contributed by atoms with Crippen molar-refractivity contribution in [1.29, 1.82) is 0 Å². The number of pyridine rings is 1. The first-order valence-electron chi connectivity index (χ1n) is 7.12. The van der Waals surface area contributed by atoms with Gasteiger partial charge in [0.1, 0.15) is 0 Å². The Kier molecular flexibility index (Phi) is 4.33. The van der Waals surface area contributed by atoms with E-state index < -0.39 is 0 Å². The van der Waals surface area contributed by atoms with Gasteiger partial charge in [0.15, 0.2) is 0 Å². The average molecular weight is 308 g/mol. The fourth-order valence-corrected chi connectivity index (χ4v) is 2.15. The van der Waals surface area contributed by atoms with E-state index >= 15 is 0 Å². The number of aromatic nitrogens is 3. The molecule has 23 heavy (non-hydrogen) atoms. The van der Waals surface area contributed by atoms with Crippen LogP contribution in [0.4, 0.5) is 5.69 Å². The molecule has 0 aliphatic rings. The van der Waals surface area contributed by atoms with Crippen LogP contribution in [0.5, 0.6) is 5.88 Å². The molecule has 6 nitrogen and oxygen atoms in total. The Morgan fingerprint density at radius 1 is 1.26 bits per heavy atom. The molecule has 0 spiro atoms. The maximum Gasteiger partial charge on any atom is 0.256 e. The molecule has 2 heterocycles. The maximum absolute atomic E-state index is 12.2. The van der Waals surface area contributed by atoms with Crippen molar-refractivity contribution < 1.29 is 9.53 Å². The molecule has 0 saturated heterocycles. The van der Waals surface area contributed by atoms with E-state index in [4.69, 9.17) is 4.74 Å². The highest BCUT2D eigenvalue weighted by atomic mass is 16.5. The van der Waals surface area contributed by atoms with Crippen molar-refractivity contribution in [2.75, 3.05) is 12.4 Å². The van der Waals surface area contributed by atoms with Crippen molar-refractivity contribution in [2.45, 2.75) is 6.54 Å².